The van der Waals surface area contributed by atoms with E-state index in [1.807, 2.05) is 38.1 Å². The van der Waals surface area contributed by atoms with E-state index < -0.39 is 46.8 Å². The van der Waals surface area contributed by atoms with E-state index in [9.17, 15) is 19.5 Å². The highest BCUT2D eigenvalue weighted by Gasteiger charge is 2.68. The molecule has 4 aromatic rings. The Labute approximate surface area is 298 Å². The number of nitrogens with zero attached hydrogens (tertiary/aromatic N) is 4. The van der Waals surface area contributed by atoms with Gasteiger partial charge in [-0.15, -0.1) is 11.3 Å². The number of aryl methyl sites for hydroxylation is 2. The van der Waals surface area contributed by atoms with E-state index in [-0.39, 0.29) is 24.0 Å². The number of benzene rings is 2. The van der Waals surface area contributed by atoms with Gasteiger partial charge in [-0.25, -0.2) is 4.90 Å². The summed E-state index contributed by atoms with van der Waals surface area (Å²) < 4.78 is 8.37. The number of methoxy groups -OCH3 is 1. The summed E-state index contributed by atoms with van der Waals surface area (Å²) >= 11 is 7.87. The Hall–Kier alpha value is -4.48. The zero-order valence-electron chi connectivity index (χ0n) is 28.4. The van der Waals surface area contributed by atoms with Crippen molar-refractivity contribution in [3.63, 3.8) is 0 Å². The Bertz CT molecular complexity index is 2190. The van der Waals surface area contributed by atoms with Crippen LogP contribution >= 0.6 is 22.9 Å². The van der Waals surface area contributed by atoms with Crippen molar-refractivity contribution in [1.29, 1.82) is 0 Å². The maximum atomic E-state index is 15.0. The number of carbonyl (C=O) groups is 4. The molecule has 2 aromatic carbocycles. The molecule has 4 aliphatic rings. The maximum absolute atomic E-state index is 15.0. The minimum absolute atomic E-state index is 0.0682. The number of ether oxygens (including phenoxy) is 1. The number of carbonyl (C=O) groups excluding carboxylic acids is 4. The van der Waals surface area contributed by atoms with E-state index in [0.29, 0.717) is 47.2 Å². The normalized spacial score (nSPS) is 27.6. The van der Waals surface area contributed by atoms with Crippen LogP contribution in [0.25, 0.3) is 20.7 Å². The van der Waals surface area contributed by atoms with Gasteiger partial charge in [-0.1, -0.05) is 36.2 Å². The third-order valence-electron chi connectivity index (χ3n) is 11.6. The number of aromatic nitrogens is 2. The number of likely N-dealkylation sites (tertiary alicyclic amines) is 1. The molecule has 1 saturated carbocycles. The highest BCUT2D eigenvalue weighted by atomic mass is 35.5. The van der Waals surface area contributed by atoms with E-state index in [1.54, 1.807) is 54.3 Å². The summed E-state index contributed by atoms with van der Waals surface area (Å²) in [5, 5.41) is 17.9. The van der Waals surface area contributed by atoms with Gasteiger partial charge in [0.05, 0.1) is 35.2 Å². The number of hydrogen-bond donors (Lipinski definition) is 1. The molecule has 0 radical (unpaired) electrons. The zero-order chi connectivity index (χ0) is 35.4. The second kappa shape index (κ2) is 11.5. The van der Waals surface area contributed by atoms with Crippen molar-refractivity contribution < 1.29 is 29.0 Å². The van der Waals surface area contributed by atoms with Crippen molar-refractivity contribution in [3.8, 4) is 22.1 Å². The summed E-state index contributed by atoms with van der Waals surface area (Å²) in [5.41, 5.74) is 1.47. The lowest BCUT2D eigenvalue weighted by Gasteiger charge is -2.49. The molecule has 0 bridgehead atoms. The SMILES string of the molecule is CCCN1C(=O)C2CC=C3C(CC4C(=O)N(c5cc(-c6sc7ccc(Cl)cc7c6C)nn5C)C(=O)C4(C)C3c3c(O)cccc3OC)C2C1=O. The average molecular weight is 713 g/mol. The van der Waals surface area contributed by atoms with Crippen LogP contribution in [0.3, 0.4) is 0 Å². The molecule has 0 spiro atoms. The molecule has 2 saturated heterocycles. The van der Waals surface area contributed by atoms with Crippen molar-refractivity contribution >= 4 is 62.5 Å². The van der Waals surface area contributed by atoms with E-state index in [1.165, 1.54) is 16.9 Å². The van der Waals surface area contributed by atoms with E-state index in [0.717, 1.165) is 26.1 Å². The molecule has 1 N–H and O–H groups in total. The van der Waals surface area contributed by atoms with Crippen LogP contribution < -0.4 is 9.64 Å². The van der Waals surface area contributed by atoms with Gasteiger partial charge in [0.1, 0.15) is 23.0 Å². The maximum Gasteiger partial charge on any atom is 0.242 e. The second-order valence-corrected chi connectivity index (χ2v) is 15.6. The lowest BCUT2D eigenvalue weighted by molar-refractivity contribution is -0.140. The van der Waals surface area contributed by atoms with Crippen molar-refractivity contribution in [2.45, 2.75) is 46.0 Å². The van der Waals surface area contributed by atoms with Gasteiger partial charge in [-0.2, -0.15) is 5.10 Å². The predicted molar refractivity (Wildman–Crippen MR) is 190 cm³/mol. The number of halogens is 1. The Balaban J connectivity index is 1.27. The van der Waals surface area contributed by atoms with Crippen LogP contribution in [-0.2, 0) is 26.2 Å². The zero-order valence-corrected chi connectivity index (χ0v) is 30.0. The summed E-state index contributed by atoms with van der Waals surface area (Å²) in [6.45, 7) is 6.06. The Kier molecular flexibility index (Phi) is 7.54. The number of allylic oxidation sites excluding steroid dienone is 2. The molecule has 2 aliphatic carbocycles. The standard InChI is InChI=1S/C38H37ClN4O6S/c1-6-14-42-34(45)21-12-11-20-23(30(21)36(42)47)16-24-35(46)43(37(48)38(24,3)32(20)31-26(44)8-7-9-27(31)49-5)29-17-25(40-41(29)4)33-18(2)22-15-19(39)10-13-28(22)50-33/h7-11,13,15,17,21,23-24,30,32,44H,6,12,14,16H2,1-5H3. The molecule has 3 fully saturated rings. The molecule has 12 heteroatoms. The first-order valence-corrected chi connectivity index (χ1v) is 18.1. The lowest BCUT2D eigenvalue weighted by Crippen LogP contribution is -2.49. The molecule has 4 amide bonds. The van der Waals surface area contributed by atoms with Crippen LogP contribution in [-0.4, -0.2) is 57.1 Å². The van der Waals surface area contributed by atoms with Gasteiger partial charge in [-0.3, -0.25) is 28.8 Å². The first-order valence-electron chi connectivity index (χ1n) is 16.9. The Morgan fingerprint density at radius 3 is 2.60 bits per heavy atom. The molecule has 2 aliphatic heterocycles. The minimum atomic E-state index is -1.35. The number of phenols is 1. The van der Waals surface area contributed by atoms with Gasteiger partial charge >= 0.3 is 0 Å². The van der Waals surface area contributed by atoms with Crippen molar-refractivity contribution in [2.24, 2.45) is 36.1 Å². The molecule has 258 valence electrons. The summed E-state index contributed by atoms with van der Waals surface area (Å²) in [6.07, 6.45) is 3.18. The van der Waals surface area contributed by atoms with Gasteiger partial charge < -0.3 is 9.84 Å². The summed E-state index contributed by atoms with van der Waals surface area (Å²) in [6, 6.07) is 12.5. The predicted octanol–water partition coefficient (Wildman–Crippen LogP) is 6.62. The molecular weight excluding hydrogens is 676 g/mol. The first-order chi connectivity index (χ1) is 23.9. The minimum Gasteiger partial charge on any atom is -0.508 e. The van der Waals surface area contributed by atoms with Gasteiger partial charge in [0.15, 0.2) is 0 Å². The topological polar surface area (TPSA) is 122 Å². The molecule has 6 unspecified atom stereocenters. The van der Waals surface area contributed by atoms with Crippen LogP contribution in [0.2, 0.25) is 5.02 Å². The van der Waals surface area contributed by atoms with E-state index in [2.05, 4.69) is 0 Å². The molecule has 10 nitrogen and oxygen atoms in total. The first kappa shape index (κ1) is 32.7. The highest BCUT2D eigenvalue weighted by molar-refractivity contribution is 7.22. The summed E-state index contributed by atoms with van der Waals surface area (Å²) in [4.78, 5) is 60.8. The fourth-order valence-corrected chi connectivity index (χ4v) is 10.6. The molecule has 6 atom stereocenters. The third kappa shape index (κ3) is 4.35. The number of aromatic hydroxyl groups is 1. The van der Waals surface area contributed by atoms with Gasteiger partial charge in [0.2, 0.25) is 23.6 Å². The van der Waals surface area contributed by atoms with Crippen LogP contribution in [0.5, 0.6) is 11.5 Å². The van der Waals surface area contributed by atoms with Crippen molar-refractivity contribution in [1.82, 2.24) is 14.7 Å². The smallest absolute Gasteiger partial charge is 0.242 e. The number of hydrogen-bond acceptors (Lipinski definition) is 8. The number of thiophene rings is 1. The third-order valence-corrected chi connectivity index (χ3v) is 13.1. The monoisotopic (exact) mass is 712 g/mol. The van der Waals surface area contributed by atoms with Crippen LogP contribution in [0.4, 0.5) is 5.82 Å². The molecule has 50 heavy (non-hydrogen) atoms. The number of fused-ring (bicyclic) bond motifs is 5. The molecule has 2 aromatic heterocycles. The molecular formula is C38H37ClN4O6S. The Morgan fingerprint density at radius 2 is 1.86 bits per heavy atom. The van der Waals surface area contributed by atoms with Gasteiger partial charge in [-0.05, 0) is 80.3 Å². The number of imide groups is 2. The highest BCUT2D eigenvalue weighted by Crippen LogP contribution is 2.65. The van der Waals surface area contributed by atoms with Gasteiger partial charge in [0.25, 0.3) is 0 Å². The lowest BCUT2D eigenvalue weighted by atomic mass is 9.51. The Morgan fingerprint density at radius 1 is 1.08 bits per heavy atom. The summed E-state index contributed by atoms with van der Waals surface area (Å²) in [5.74, 6) is -3.88. The van der Waals surface area contributed by atoms with E-state index >= 15 is 4.79 Å². The largest absolute Gasteiger partial charge is 0.508 e. The van der Waals surface area contributed by atoms with Crippen molar-refractivity contribution in [2.75, 3.05) is 18.6 Å². The van der Waals surface area contributed by atoms with Crippen LogP contribution in [0.15, 0.2) is 54.1 Å². The van der Waals surface area contributed by atoms with Crippen molar-refractivity contribution in [3.05, 3.63) is 70.3 Å². The second-order valence-electron chi connectivity index (χ2n) is 14.1. The number of rotatable bonds is 6. The number of amides is 4. The quantitative estimate of drug-likeness (QED) is 0.176. The van der Waals surface area contributed by atoms with Crippen LogP contribution in [0, 0.1) is 36.0 Å². The fourth-order valence-electron chi connectivity index (χ4n) is 9.27. The number of phenolic OH excluding ortho intramolecular Hbond substituents is 1. The van der Waals surface area contributed by atoms with E-state index in [4.69, 9.17) is 21.4 Å². The fraction of sp³-hybridized carbons (Fsp3) is 0.395. The van der Waals surface area contributed by atoms with Gasteiger partial charge in [0, 0.05) is 40.9 Å². The molecule has 8 rings (SSSR count). The van der Waals surface area contributed by atoms with Crippen LogP contribution in [0.1, 0.15) is 50.2 Å². The average Bonchev–Trinajstić information content (AvgIpc) is 3.76. The summed E-state index contributed by atoms with van der Waals surface area (Å²) in [7, 11) is 3.21. The molecule has 4 heterocycles. The number of anilines is 1.